The summed E-state index contributed by atoms with van der Waals surface area (Å²) in [5, 5.41) is 9.10. The Morgan fingerprint density at radius 1 is 1.64 bits per heavy atom. The van der Waals surface area contributed by atoms with E-state index in [4.69, 9.17) is 11.5 Å². The first-order valence-corrected chi connectivity index (χ1v) is 3.52. The number of hydrogen-bond donors (Lipinski definition) is 1. The van der Waals surface area contributed by atoms with Crippen LogP contribution in [0.1, 0.15) is 6.42 Å². The molecule has 0 radical (unpaired) electrons. The van der Waals surface area contributed by atoms with Gasteiger partial charge in [-0.1, -0.05) is 0 Å². The second-order valence-electron chi connectivity index (χ2n) is 3.51. The van der Waals surface area contributed by atoms with Crippen molar-refractivity contribution in [3.05, 3.63) is 0 Å². The van der Waals surface area contributed by atoms with Gasteiger partial charge in [0.2, 0.25) is 0 Å². The van der Waals surface area contributed by atoms with Gasteiger partial charge in [0, 0.05) is 6.42 Å². The molecule has 0 heterocycles. The predicted octanol–water partition coefficient (Wildman–Crippen LogP) is -3.17. The Kier molecular flexibility index (Phi) is 3.82. The molecule has 1 saturated carbocycles. The van der Waals surface area contributed by atoms with Crippen LogP contribution in [0.4, 0.5) is 0 Å². The van der Waals surface area contributed by atoms with Gasteiger partial charge in [-0.05, 0) is 5.92 Å². The average molecular weight is 267 g/mol. The molecule has 0 aromatic rings. The van der Waals surface area contributed by atoms with Crippen LogP contribution >= 0.6 is 0 Å². The Bertz CT molecular complexity index is 173. The molecule has 1 rings (SSSR count). The summed E-state index contributed by atoms with van der Waals surface area (Å²) in [6.07, 6.45) is 5.98. The molecule has 1 aliphatic carbocycles. The lowest BCUT2D eigenvalue weighted by atomic mass is 10.4. The van der Waals surface area contributed by atoms with Gasteiger partial charge in [0.1, 0.15) is 18.7 Å². The van der Waals surface area contributed by atoms with Gasteiger partial charge in [-0.3, -0.25) is 0 Å². The highest BCUT2D eigenvalue weighted by molar-refractivity contribution is 4.91. The fraction of sp³-hybridized carbons (Fsp3) is 0.750. The lowest BCUT2D eigenvalue weighted by molar-refractivity contribution is -0.895. The van der Waals surface area contributed by atoms with Crippen molar-refractivity contribution in [2.75, 3.05) is 20.6 Å². The molecule has 0 amide bonds. The minimum absolute atomic E-state index is 0. The number of aliphatic hydroxyl groups is 1. The van der Waals surface area contributed by atoms with E-state index in [9.17, 15) is 0 Å². The highest BCUT2D eigenvalue weighted by Crippen LogP contribution is 2.30. The van der Waals surface area contributed by atoms with E-state index in [0.717, 1.165) is 10.9 Å². The van der Waals surface area contributed by atoms with Crippen molar-refractivity contribution >= 4 is 0 Å². The average Bonchev–Trinajstić information content (AvgIpc) is 2.46. The molecule has 11 heavy (non-hydrogen) atoms. The van der Waals surface area contributed by atoms with Crippen molar-refractivity contribution in [1.82, 2.24) is 0 Å². The van der Waals surface area contributed by atoms with Crippen LogP contribution < -0.4 is 24.0 Å². The maximum Gasteiger partial charge on any atom is 0.140 e. The van der Waals surface area contributed by atoms with E-state index < -0.39 is 0 Å². The zero-order chi connectivity index (χ0) is 7.78. The molecule has 2 nitrogen and oxygen atoms in total. The van der Waals surface area contributed by atoms with Crippen LogP contribution in [0.2, 0.25) is 0 Å². The minimum Gasteiger partial charge on any atom is -1.00 e. The Morgan fingerprint density at radius 2 is 2.09 bits per heavy atom. The predicted molar refractivity (Wildman–Crippen MR) is 40.2 cm³/mol. The van der Waals surface area contributed by atoms with Gasteiger partial charge in [0.05, 0.1) is 14.1 Å². The smallest absolute Gasteiger partial charge is 0.140 e. The molecule has 0 aromatic carbocycles. The van der Waals surface area contributed by atoms with Crippen LogP contribution in [0, 0.1) is 12.3 Å². The van der Waals surface area contributed by atoms with Crippen molar-refractivity contribution in [2.45, 2.75) is 18.6 Å². The minimum atomic E-state index is -0.108. The zero-order valence-corrected chi connectivity index (χ0v) is 9.08. The van der Waals surface area contributed by atoms with Gasteiger partial charge in [-0.2, -0.15) is 0 Å². The first-order valence-electron chi connectivity index (χ1n) is 3.52. The standard InChI is InChI=1S/C8H14NO.HI/c1-4-5-9(2,3)7-6-8(7)10;/h1,7-8,10H,5-6H2,2-3H3;1H/q+1;/p-1/t7-,8+;/m1./s1. The molecule has 0 bridgehead atoms. The van der Waals surface area contributed by atoms with E-state index in [1.807, 2.05) is 0 Å². The monoisotopic (exact) mass is 267 g/mol. The molecule has 2 atom stereocenters. The molecule has 1 N–H and O–H groups in total. The molecule has 0 spiro atoms. The fourth-order valence-corrected chi connectivity index (χ4v) is 1.27. The Hall–Kier alpha value is 0.210. The summed E-state index contributed by atoms with van der Waals surface area (Å²) in [7, 11) is 4.11. The number of aliphatic hydroxyl groups excluding tert-OH is 1. The summed E-state index contributed by atoms with van der Waals surface area (Å²) < 4.78 is 0.762. The van der Waals surface area contributed by atoms with E-state index in [2.05, 4.69) is 20.0 Å². The maximum absolute atomic E-state index is 9.10. The highest BCUT2D eigenvalue weighted by Gasteiger charge is 2.48. The van der Waals surface area contributed by atoms with Gasteiger partial charge in [0.15, 0.2) is 0 Å². The number of quaternary nitrogens is 1. The third-order valence-corrected chi connectivity index (χ3v) is 2.12. The Labute approximate surface area is 85.2 Å². The van der Waals surface area contributed by atoms with Crippen LogP contribution in [-0.4, -0.2) is 42.4 Å². The first kappa shape index (κ1) is 11.2. The summed E-state index contributed by atoms with van der Waals surface area (Å²) in [5.41, 5.74) is 0. The van der Waals surface area contributed by atoms with Gasteiger partial charge >= 0.3 is 0 Å². The Morgan fingerprint density at radius 3 is 2.36 bits per heavy atom. The van der Waals surface area contributed by atoms with Crippen molar-refractivity contribution in [2.24, 2.45) is 0 Å². The lowest BCUT2D eigenvalue weighted by Gasteiger charge is -2.27. The van der Waals surface area contributed by atoms with Gasteiger partial charge in [0.25, 0.3) is 0 Å². The SMILES string of the molecule is C#CC[N+](C)(C)[C@@H]1C[C@@H]1O.[I-]. The molecule has 0 unspecified atom stereocenters. The van der Waals surface area contributed by atoms with Crippen LogP contribution in [0.25, 0.3) is 0 Å². The van der Waals surface area contributed by atoms with Crippen LogP contribution in [0.5, 0.6) is 0 Å². The molecule has 1 fully saturated rings. The van der Waals surface area contributed by atoms with Crippen LogP contribution in [0.3, 0.4) is 0 Å². The van der Waals surface area contributed by atoms with E-state index in [1.165, 1.54) is 0 Å². The third kappa shape index (κ3) is 2.62. The molecular formula is C8H14INO. The molecular weight excluding hydrogens is 253 g/mol. The molecule has 3 heteroatoms. The normalized spacial score (nSPS) is 28.5. The topological polar surface area (TPSA) is 20.2 Å². The molecule has 0 aliphatic heterocycles. The van der Waals surface area contributed by atoms with Gasteiger partial charge in [-0.15, -0.1) is 6.42 Å². The lowest BCUT2D eigenvalue weighted by Crippen LogP contribution is -3.00. The second kappa shape index (κ2) is 3.74. The van der Waals surface area contributed by atoms with Gasteiger partial charge in [-0.25, -0.2) is 0 Å². The zero-order valence-electron chi connectivity index (χ0n) is 6.92. The summed E-state index contributed by atoms with van der Waals surface area (Å²) in [6.45, 7) is 0.710. The second-order valence-corrected chi connectivity index (χ2v) is 3.51. The molecule has 0 saturated heterocycles. The Balaban J connectivity index is 0.000001000. The number of halogens is 1. The maximum atomic E-state index is 9.10. The first-order chi connectivity index (χ1) is 4.58. The van der Waals surface area contributed by atoms with E-state index in [1.54, 1.807) is 0 Å². The summed E-state index contributed by atoms with van der Waals surface area (Å²) >= 11 is 0. The van der Waals surface area contributed by atoms with E-state index in [-0.39, 0.29) is 30.1 Å². The van der Waals surface area contributed by atoms with E-state index >= 15 is 0 Å². The van der Waals surface area contributed by atoms with Crippen LogP contribution in [0.15, 0.2) is 0 Å². The summed E-state index contributed by atoms with van der Waals surface area (Å²) in [5.74, 6) is 2.61. The summed E-state index contributed by atoms with van der Waals surface area (Å²) in [4.78, 5) is 0. The summed E-state index contributed by atoms with van der Waals surface area (Å²) in [6, 6.07) is 0.385. The number of rotatable bonds is 2. The van der Waals surface area contributed by atoms with Crippen molar-refractivity contribution in [1.29, 1.82) is 0 Å². The van der Waals surface area contributed by atoms with Crippen molar-refractivity contribution in [3.63, 3.8) is 0 Å². The fourth-order valence-electron chi connectivity index (χ4n) is 1.27. The molecule has 1 aliphatic rings. The number of hydrogen-bond acceptors (Lipinski definition) is 1. The largest absolute Gasteiger partial charge is 1.00 e. The number of nitrogens with zero attached hydrogens (tertiary/aromatic N) is 1. The van der Waals surface area contributed by atoms with Gasteiger partial charge < -0.3 is 33.6 Å². The number of terminal acetylenes is 1. The van der Waals surface area contributed by atoms with Crippen molar-refractivity contribution in [3.8, 4) is 12.3 Å². The third-order valence-electron chi connectivity index (χ3n) is 2.12. The molecule has 0 aromatic heterocycles. The van der Waals surface area contributed by atoms with E-state index in [0.29, 0.717) is 12.6 Å². The number of likely N-dealkylation sites (N-methyl/N-ethyl adjacent to an activating group) is 1. The van der Waals surface area contributed by atoms with Crippen LogP contribution in [-0.2, 0) is 0 Å². The molecule has 64 valence electrons. The van der Waals surface area contributed by atoms with Crippen molar-refractivity contribution < 1.29 is 33.6 Å². The highest BCUT2D eigenvalue weighted by atomic mass is 127. The quantitative estimate of drug-likeness (QED) is 0.318.